The molecule has 0 aromatic heterocycles. The van der Waals surface area contributed by atoms with E-state index in [4.69, 9.17) is 4.74 Å². The first kappa shape index (κ1) is 19.3. The monoisotopic (exact) mass is 373 g/mol. The second-order valence-corrected chi connectivity index (χ2v) is 7.85. The normalized spacial score (nSPS) is 31.3. The Labute approximate surface area is 151 Å². The second kappa shape index (κ2) is 6.93. The highest BCUT2D eigenvalue weighted by atomic mass is 19.4. The van der Waals surface area contributed by atoms with Gasteiger partial charge in [-0.3, -0.25) is 0 Å². The van der Waals surface area contributed by atoms with Gasteiger partial charge in [-0.1, -0.05) is 12.5 Å². The van der Waals surface area contributed by atoms with Crippen molar-refractivity contribution in [2.75, 3.05) is 27.7 Å². The third kappa shape index (κ3) is 3.78. The molecule has 146 valence electrons. The summed E-state index contributed by atoms with van der Waals surface area (Å²) in [7, 11) is 5.25. The number of hydrogen-bond donors (Lipinski definition) is 1. The van der Waals surface area contributed by atoms with Gasteiger partial charge in [0.1, 0.15) is 0 Å². The van der Waals surface area contributed by atoms with Crippen molar-refractivity contribution in [1.82, 2.24) is 4.90 Å². The van der Waals surface area contributed by atoms with Crippen LogP contribution in [-0.4, -0.2) is 44.1 Å². The molecule has 3 rings (SSSR count). The number of benzene rings is 1. The molecular weight excluding hydrogens is 347 g/mol. The Kier molecular flexibility index (Phi) is 5.14. The van der Waals surface area contributed by atoms with Gasteiger partial charge in [-0.2, -0.15) is 0 Å². The van der Waals surface area contributed by atoms with Gasteiger partial charge in [-0.25, -0.2) is 0 Å². The largest absolute Gasteiger partial charge is 0.573 e. The highest BCUT2D eigenvalue weighted by Crippen LogP contribution is 2.55. The Balaban J connectivity index is 1.97. The number of rotatable bonds is 5. The first-order chi connectivity index (χ1) is 12.1. The summed E-state index contributed by atoms with van der Waals surface area (Å²) < 4.78 is 46.9. The molecule has 0 radical (unpaired) electrons. The van der Waals surface area contributed by atoms with Crippen LogP contribution < -0.4 is 9.47 Å². The van der Waals surface area contributed by atoms with Crippen LogP contribution in [0.3, 0.4) is 0 Å². The lowest BCUT2D eigenvalue weighted by molar-refractivity contribution is -0.275. The summed E-state index contributed by atoms with van der Waals surface area (Å²) in [5.74, 6) is 0.513. The Morgan fingerprint density at radius 2 is 1.96 bits per heavy atom. The number of aliphatic hydroxyl groups is 1. The third-order valence-corrected chi connectivity index (χ3v) is 5.82. The van der Waals surface area contributed by atoms with Gasteiger partial charge in [0.05, 0.1) is 12.7 Å². The highest BCUT2D eigenvalue weighted by Gasteiger charge is 2.51. The molecule has 0 spiro atoms. The van der Waals surface area contributed by atoms with E-state index in [9.17, 15) is 18.3 Å². The van der Waals surface area contributed by atoms with Crippen molar-refractivity contribution in [3.63, 3.8) is 0 Å². The zero-order chi connectivity index (χ0) is 19.1. The van der Waals surface area contributed by atoms with Gasteiger partial charge in [0.15, 0.2) is 11.5 Å². The Bertz CT molecular complexity index is 649. The van der Waals surface area contributed by atoms with Crippen LogP contribution in [0.15, 0.2) is 18.2 Å². The van der Waals surface area contributed by atoms with E-state index in [1.807, 2.05) is 14.1 Å². The first-order valence-corrected chi connectivity index (χ1v) is 8.93. The molecule has 2 bridgehead atoms. The summed E-state index contributed by atoms with van der Waals surface area (Å²) in [5, 5.41) is 11.6. The van der Waals surface area contributed by atoms with E-state index in [-0.39, 0.29) is 11.7 Å². The van der Waals surface area contributed by atoms with Crippen LogP contribution in [0, 0.1) is 17.8 Å². The first-order valence-electron chi connectivity index (χ1n) is 8.93. The van der Waals surface area contributed by atoms with Crippen molar-refractivity contribution in [2.45, 2.75) is 37.6 Å². The summed E-state index contributed by atoms with van der Waals surface area (Å²) in [4.78, 5) is 2.06. The molecule has 0 saturated heterocycles. The molecule has 1 N–H and O–H groups in total. The van der Waals surface area contributed by atoms with Gasteiger partial charge in [-0.15, -0.1) is 13.2 Å². The maximum absolute atomic E-state index is 12.6. The van der Waals surface area contributed by atoms with Crippen LogP contribution in [0.5, 0.6) is 11.5 Å². The van der Waals surface area contributed by atoms with Crippen LogP contribution in [0.4, 0.5) is 13.2 Å². The number of fused-ring (bicyclic) bond motifs is 2. The zero-order valence-corrected chi connectivity index (χ0v) is 15.3. The van der Waals surface area contributed by atoms with Crippen LogP contribution in [0.25, 0.3) is 0 Å². The SMILES string of the molecule is COc1cc(C2(O)CC3CCC(C3)C2CN(C)C)ccc1OC(F)(F)F. The average Bonchev–Trinajstić information content (AvgIpc) is 2.93. The maximum atomic E-state index is 12.6. The molecule has 1 aromatic carbocycles. The number of hydrogen-bond acceptors (Lipinski definition) is 4. The average molecular weight is 373 g/mol. The predicted molar refractivity (Wildman–Crippen MR) is 91.1 cm³/mol. The Morgan fingerprint density at radius 3 is 2.58 bits per heavy atom. The van der Waals surface area contributed by atoms with Gasteiger partial charge in [0, 0.05) is 12.5 Å². The van der Waals surface area contributed by atoms with Crippen molar-refractivity contribution in [1.29, 1.82) is 0 Å². The molecule has 4 unspecified atom stereocenters. The van der Waals surface area contributed by atoms with Crippen molar-refractivity contribution in [3.8, 4) is 11.5 Å². The quantitative estimate of drug-likeness (QED) is 0.853. The summed E-state index contributed by atoms with van der Waals surface area (Å²) >= 11 is 0. The molecule has 4 nitrogen and oxygen atoms in total. The zero-order valence-electron chi connectivity index (χ0n) is 15.3. The van der Waals surface area contributed by atoms with Crippen molar-refractivity contribution in [3.05, 3.63) is 23.8 Å². The smallest absolute Gasteiger partial charge is 0.493 e. The molecule has 7 heteroatoms. The minimum Gasteiger partial charge on any atom is -0.493 e. The summed E-state index contributed by atoms with van der Waals surface area (Å²) in [6, 6.07) is 4.27. The lowest BCUT2D eigenvalue weighted by Gasteiger charge is -2.45. The number of methoxy groups -OCH3 is 1. The number of halogens is 3. The summed E-state index contributed by atoms with van der Waals surface area (Å²) in [5.41, 5.74) is -0.467. The topological polar surface area (TPSA) is 41.9 Å². The molecule has 26 heavy (non-hydrogen) atoms. The van der Waals surface area contributed by atoms with Gasteiger partial charge in [0.25, 0.3) is 0 Å². The van der Waals surface area contributed by atoms with E-state index in [2.05, 4.69) is 9.64 Å². The number of nitrogens with zero attached hydrogens (tertiary/aromatic N) is 1. The fourth-order valence-corrected chi connectivity index (χ4v) is 4.82. The minimum atomic E-state index is -4.79. The molecule has 1 aromatic rings. The van der Waals surface area contributed by atoms with Crippen LogP contribution in [0.2, 0.25) is 0 Å². The molecule has 2 saturated carbocycles. The third-order valence-electron chi connectivity index (χ3n) is 5.82. The molecular formula is C19H26F3NO3. The van der Waals surface area contributed by atoms with E-state index >= 15 is 0 Å². The van der Waals surface area contributed by atoms with E-state index < -0.39 is 17.7 Å². The van der Waals surface area contributed by atoms with Crippen LogP contribution in [-0.2, 0) is 5.60 Å². The van der Waals surface area contributed by atoms with Crippen molar-refractivity contribution in [2.24, 2.45) is 17.8 Å². The van der Waals surface area contributed by atoms with Gasteiger partial charge < -0.3 is 19.5 Å². The fourth-order valence-electron chi connectivity index (χ4n) is 4.82. The predicted octanol–water partition coefficient (Wildman–Crippen LogP) is 3.78. The molecule has 2 aliphatic carbocycles. The van der Waals surface area contributed by atoms with Crippen molar-refractivity contribution >= 4 is 0 Å². The van der Waals surface area contributed by atoms with E-state index in [1.165, 1.54) is 25.3 Å². The van der Waals surface area contributed by atoms with E-state index in [0.717, 1.165) is 25.8 Å². The molecule has 0 aliphatic heterocycles. The maximum Gasteiger partial charge on any atom is 0.573 e. The lowest BCUT2D eigenvalue weighted by Crippen LogP contribution is -2.47. The second-order valence-electron chi connectivity index (χ2n) is 7.85. The summed E-state index contributed by atoms with van der Waals surface area (Å²) in [6.45, 7) is 0.733. The molecule has 0 heterocycles. The van der Waals surface area contributed by atoms with Gasteiger partial charge in [-0.05, 0) is 62.9 Å². The Hall–Kier alpha value is -1.47. The molecule has 2 aliphatic rings. The van der Waals surface area contributed by atoms with Crippen LogP contribution in [0.1, 0.15) is 31.2 Å². The highest BCUT2D eigenvalue weighted by molar-refractivity contribution is 5.45. The molecule has 4 atom stereocenters. The van der Waals surface area contributed by atoms with Gasteiger partial charge in [0.2, 0.25) is 0 Å². The molecule has 0 amide bonds. The number of alkyl halides is 3. The number of ether oxygens (including phenoxy) is 2. The Morgan fingerprint density at radius 1 is 1.23 bits per heavy atom. The molecule has 2 fully saturated rings. The lowest BCUT2D eigenvalue weighted by atomic mass is 9.66. The van der Waals surface area contributed by atoms with E-state index in [1.54, 1.807) is 0 Å². The van der Waals surface area contributed by atoms with Crippen LogP contribution >= 0.6 is 0 Å². The van der Waals surface area contributed by atoms with E-state index in [0.29, 0.717) is 23.8 Å². The minimum absolute atomic E-state index is 0.0187. The standard InChI is InChI=1S/C19H26F3NO3/c1-23(2)11-15-13-5-4-12(8-13)10-18(15,24)14-6-7-16(17(9-14)25-3)26-19(20,21)22/h6-7,9,12-13,15,24H,4-5,8,10-11H2,1-3H3. The fraction of sp³-hybridized carbons (Fsp3) is 0.684. The summed E-state index contributed by atoms with van der Waals surface area (Å²) in [6.07, 6.45) is -0.845. The van der Waals surface area contributed by atoms with Crippen molar-refractivity contribution < 1.29 is 27.8 Å². The van der Waals surface area contributed by atoms with Gasteiger partial charge >= 0.3 is 6.36 Å².